The molecule has 14 heavy (non-hydrogen) atoms. The van der Waals surface area contributed by atoms with Gasteiger partial charge in [0.05, 0.1) is 0 Å². The molecule has 0 aliphatic carbocycles. The van der Waals surface area contributed by atoms with Crippen LogP contribution in [0.5, 0.6) is 0 Å². The lowest BCUT2D eigenvalue weighted by atomic mass is 9.86. The molecule has 0 bridgehead atoms. The average molecular weight is 199 g/mol. The highest BCUT2D eigenvalue weighted by Crippen LogP contribution is 2.24. The van der Waals surface area contributed by atoms with Crippen molar-refractivity contribution in [1.29, 1.82) is 0 Å². The number of rotatable bonds is 4. The minimum absolute atomic E-state index is 0.0584. The first-order chi connectivity index (χ1) is 6.12. The highest BCUT2D eigenvalue weighted by atomic mass is 16.1. The maximum absolute atomic E-state index is 10.9. The van der Waals surface area contributed by atoms with Gasteiger partial charge in [0.1, 0.15) is 0 Å². The molecule has 0 aliphatic rings. The summed E-state index contributed by atoms with van der Waals surface area (Å²) in [5.41, 5.74) is 0.337. The molecule has 0 aromatic heterocycles. The van der Waals surface area contributed by atoms with Crippen molar-refractivity contribution in [3.63, 3.8) is 0 Å². The molecule has 2 heteroatoms. The fourth-order valence-corrected chi connectivity index (χ4v) is 1.60. The summed E-state index contributed by atoms with van der Waals surface area (Å²) in [5, 5.41) is 2.97. The summed E-state index contributed by atoms with van der Waals surface area (Å²) in [7, 11) is 0. The summed E-state index contributed by atoms with van der Waals surface area (Å²) in [4.78, 5) is 10.9. The van der Waals surface area contributed by atoms with E-state index in [9.17, 15) is 4.79 Å². The predicted octanol–water partition coefficient (Wildman–Crippen LogP) is 3.12. The molecule has 0 aliphatic heterocycles. The highest BCUT2D eigenvalue weighted by molar-refractivity contribution is 5.73. The van der Waals surface area contributed by atoms with Gasteiger partial charge in [-0.1, -0.05) is 27.2 Å². The van der Waals surface area contributed by atoms with Crippen LogP contribution in [-0.4, -0.2) is 11.4 Å². The zero-order valence-electron chi connectivity index (χ0n) is 10.5. The molecule has 1 N–H and O–H groups in total. The summed E-state index contributed by atoms with van der Waals surface area (Å²) < 4.78 is 0. The fourth-order valence-electron chi connectivity index (χ4n) is 1.60. The molecule has 0 aromatic rings. The van der Waals surface area contributed by atoms with Gasteiger partial charge in [0.2, 0.25) is 5.91 Å². The number of amides is 1. The van der Waals surface area contributed by atoms with Crippen LogP contribution in [0.3, 0.4) is 0 Å². The van der Waals surface area contributed by atoms with Crippen molar-refractivity contribution >= 4 is 5.91 Å². The van der Waals surface area contributed by atoms with E-state index in [0.29, 0.717) is 5.41 Å². The standard InChI is InChI=1S/C12H25NO/c1-10(14)13-12(5,6)9-7-8-11(2,3)4/h7-9H2,1-6H3,(H,13,14). The van der Waals surface area contributed by atoms with E-state index in [0.717, 1.165) is 12.8 Å². The summed E-state index contributed by atoms with van der Waals surface area (Å²) in [6.07, 6.45) is 3.41. The molecule has 0 fully saturated rings. The first-order valence-corrected chi connectivity index (χ1v) is 5.41. The van der Waals surface area contributed by atoms with Crippen LogP contribution in [0.15, 0.2) is 0 Å². The minimum atomic E-state index is -0.0584. The van der Waals surface area contributed by atoms with Gasteiger partial charge in [-0.05, 0) is 32.1 Å². The fraction of sp³-hybridized carbons (Fsp3) is 0.917. The summed E-state index contributed by atoms with van der Waals surface area (Å²) >= 11 is 0. The smallest absolute Gasteiger partial charge is 0.217 e. The molecule has 0 aromatic carbocycles. The van der Waals surface area contributed by atoms with Crippen LogP contribution in [0.4, 0.5) is 0 Å². The molecule has 0 rings (SSSR count). The normalized spacial score (nSPS) is 12.7. The van der Waals surface area contributed by atoms with Gasteiger partial charge in [0.15, 0.2) is 0 Å². The highest BCUT2D eigenvalue weighted by Gasteiger charge is 2.19. The van der Waals surface area contributed by atoms with Crippen molar-refractivity contribution in [2.75, 3.05) is 0 Å². The Morgan fingerprint density at radius 1 is 1.07 bits per heavy atom. The molecule has 0 saturated heterocycles. The third kappa shape index (κ3) is 8.09. The number of hydrogen-bond donors (Lipinski definition) is 1. The minimum Gasteiger partial charge on any atom is -0.351 e. The Bertz CT molecular complexity index is 189. The van der Waals surface area contributed by atoms with Crippen molar-refractivity contribution in [3.05, 3.63) is 0 Å². The molecule has 1 amide bonds. The molecule has 84 valence electrons. The first kappa shape index (κ1) is 13.5. The van der Waals surface area contributed by atoms with Gasteiger partial charge < -0.3 is 5.32 Å². The van der Waals surface area contributed by atoms with Crippen LogP contribution < -0.4 is 5.32 Å². The largest absolute Gasteiger partial charge is 0.351 e. The molecular formula is C12H25NO. The van der Waals surface area contributed by atoms with Crippen LogP contribution in [0.1, 0.15) is 60.8 Å². The van der Waals surface area contributed by atoms with Crippen LogP contribution in [0.2, 0.25) is 0 Å². The Morgan fingerprint density at radius 3 is 1.93 bits per heavy atom. The van der Waals surface area contributed by atoms with Crippen LogP contribution >= 0.6 is 0 Å². The summed E-state index contributed by atoms with van der Waals surface area (Å²) in [6.45, 7) is 12.5. The summed E-state index contributed by atoms with van der Waals surface area (Å²) in [5.74, 6) is 0.0609. The molecule has 2 nitrogen and oxygen atoms in total. The van der Waals surface area contributed by atoms with Crippen molar-refractivity contribution in [2.24, 2.45) is 5.41 Å². The number of carbonyl (C=O) groups excluding carboxylic acids is 1. The Kier molecular flexibility index (Phi) is 4.63. The lowest BCUT2D eigenvalue weighted by molar-refractivity contribution is -0.120. The van der Waals surface area contributed by atoms with Crippen LogP contribution in [-0.2, 0) is 4.79 Å². The Morgan fingerprint density at radius 2 is 1.57 bits per heavy atom. The Labute approximate surface area is 88.5 Å². The third-order valence-electron chi connectivity index (χ3n) is 2.24. The van der Waals surface area contributed by atoms with Crippen molar-refractivity contribution in [1.82, 2.24) is 5.32 Å². The number of carbonyl (C=O) groups is 1. The lowest BCUT2D eigenvalue weighted by Gasteiger charge is -2.27. The van der Waals surface area contributed by atoms with Gasteiger partial charge >= 0.3 is 0 Å². The average Bonchev–Trinajstić information content (AvgIpc) is 1.78. The second kappa shape index (κ2) is 4.81. The molecular weight excluding hydrogens is 174 g/mol. The SMILES string of the molecule is CC(=O)NC(C)(C)CCCC(C)(C)C. The van der Waals surface area contributed by atoms with Crippen LogP contribution in [0.25, 0.3) is 0 Å². The zero-order chi connectivity index (χ0) is 11.4. The maximum Gasteiger partial charge on any atom is 0.217 e. The van der Waals surface area contributed by atoms with Gasteiger partial charge in [-0.2, -0.15) is 0 Å². The molecule has 0 saturated carbocycles. The van der Waals surface area contributed by atoms with E-state index in [-0.39, 0.29) is 11.4 Å². The molecule has 0 unspecified atom stereocenters. The van der Waals surface area contributed by atoms with Crippen LogP contribution in [0, 0.1) is 5.41 Å². The van der Waals surface area contributed by atoms with E-state index >= 15 is 0 Å². The maximum atomic E-state index is 10.9. The summed E-state index contributed by atoms with van der Waals surface area (Å²) in [6, 6.07) is 0. The van der Waals surface area contributed by atoms with E-state index in [1.54, 1.807) is 6.92 Å². The predicted molar refractivity (Wildman–Crippen MR) is 61.2 cm³/mol. The van der Waals surface area contributed by atoms with E-state index in [1.807, 2.05) is 0 Å². The van der Waals surface area contributed by atoms with Crippen molar-refractivity contribution in [3.8, 4) is 0 Å². The van der Waals surface area contributed by atoms with Crippen molar-refractivity contribution < 1.29 is 4.79 Å². The monoisotopic (exact) mass is 199 g/mol. The third-order valence-corrected chi connectivity index (χ3v) is 2.24. The Hall–Kier alpha value is -0.530. The van der Waals surface area contributed by atoms with Crippen molar-refractivity contribution in [2.45, 2.75) is 66.3 Å². The second-order valence-corrected chi connectivity index (χ2v) is 5.98. The second-order valence-electron chi connectivity index (χ2n) is 5.98. The lowest BCUT2D eigenvalue weighted by Crippen LogP contribution is -2.42. The van der Waals surface area contributed by atoms with Gasteiger partial charge in [-0.3, -0.25) is 4.79 Å². The quantitative estimate of drug-likeness (QED) is 0.740. The van der Waals surface area contributed by atoms with E-state index in [4.69, 9.17) is 0 Å². The zero-order valence-corrected chi connectivity index (χ0v) is 10.5. The first-order valence-electron chi connectivity index (χ1n) is 5.41. The number of nitrogens with one attached hydrogen (secondary N) is 1. The van der Waals surface area contributed by atoms with E-state index < -0.39 is 0 Å². The topological polar surface area (TPSA) is 29.1 Å². The number of hydrogen-bond acceptors (Lipinski definition) is 1. The van der Waals surface area contributed by atoms with E-state index in [1.165, 1.54) is 6.42 Å². The van der Waals surface area contributed by atoms with Gasteiger partial charge in [0, 0.05) is 12.5 Å². The van der Waals surface area contributed by atoms with Gasteiger partial charge in [0.25, 0.3) is 0 Å². The van der Waals surface area contributed by atoms with Gasteiger partial charge in [-0.15, -0.1) is 0 Å². The molecule has 0 spiro atoms. The molecule has 0 radical (unpaired) electrons. The molecule has 0 heterocycles. The Balaban J connectivity index is 3.82. The van der Waals surface area contributed by atoms with Gasteiger partial charge in [-0.25, -0.2) is 0 Å². The molecule has 0 atom stereocenters. The van der Waals surface area contributed by atoms with E-state index in [2.05, 4.69) is 39.9 Å².